The molecule has 1 fully saturated rings. The smallest absolute Gasteiger partial charge is 0.410 e. The van der Waals surface area contributed by atoms with Gasteiger partial charge in [0.15, 0.2) is 0 Å². The predicted molar refractivity (Wildman–Crippen MR) is 115 cm³/mol. The van der Waals surface area contributed by atoms with E-state index in [0.29, 0.717) is 30.0 Å². The summed E-state index contributed by atoms with van der Waals surface area (Å²) in [6, 6.07) is 4.35. The summed E-state index contributed by atoms with van der Waals surface area (Å²) in [7, 11) is 0. The number of rotatable bonds is 6. The summed E-state index contributed by atoms with van der Waals surface area (Å²) in [6.45, 7) is 5.87. The molecule has 0 saturated carbocycles. The van der Waals surface area contributed by atoms with Gasteiger partial charge in [0.05, 0.1) is 25.5 Å². The Balaban J connectivity index is 1.76. The molecule has 3 heterocycles. The number of amides is 1. The number of ether oxygens (including phenoxy) is 2. The molecule has 1 aliphatic rings. The minimum absolute atomic E-state index is 0.0326. The van der Waals surface area contributed by atoms with E-state index < -0.39 is 23.6 Å². The Kier molecular flexibility index (Phi) is 7.47. The van der Waals surface area contributed by atoms with Crippen LogP contribution in [0.4, 0.5) is 15.0 Å². The zero-order valence-electron chi connectivity index (χ0n) is 18.5. The van der Waals surface area contributed by atoms with Gasteiger partial charge in [0.1, 0.15) is 23.8 Å². The van der Waals surface area contributed by atoms with Gasteiger partial charge in [-0.25, -0.2) is 9.18 Å². The first-order valence-electron chi connectivity index (χ1n) is 10.4. The summed E-state index contributed by atoms with van der Waals surface area (Å²) in [5.41, 5.74) is 0.277. The fourth-order valence-corrected chi connectivity index (χ4v) is 3.37. The van der Waals surface area contributed by atoms with Crippen LogP contribution in [0.2, 0.25) is 0 Å². The zero-order valence-corrected chi connectivity index (χ0v) is 18.5. The number of hydrogen-bond acceptors (Lipinski definition) is 8. The second-order valence-corrected chi connectivity index (χ2v) is 8.50. The molecule has 0 aromatic carbocycles. The fourth-order valence-electron chi connectivity index (χ4n) is 3.37. The molecule has 1 amide bonds. The number of carbonyl (C=O) groups excluding carboxylic acids is 1. The molecule has 32 heavy (non-hydrogen) atoms. The number of aliphatic hydroxyl groups is 2. The lowest BCUT2D eigenvalue weighted by atomic mass is 10.1. The molecule has 0 radical (unpaired) electrons. The minimum Gasteiger partial charge on any atom is -0.473 e. The molecule has 9 nitrogen and oxygen atoms in total. The maximum absolute atomic E-state index is 13.8. The summed E-state index contributed by atoms with van der Waals surface area (Å²) in [5.74, 6) is 0.223. The highest BCUT2D eigenvalue weighted by Gasteiger charge is 2.33. The van der Waals surface area contributed by atoms with Crippen LogP contribution in [0, 0.1) is 5.82 Å². The largest absolute Gasteiger partial charge is 0.473 e. The van der Waals surface area contributed by atoms with Gasteiger partial charge in [-0.05, 0) is 32.9 Å². The van der Waals surface area contributed by atoms with Gasteiger partial charge in [-0.3, -0.25) is 4.98 Å². The highest BCUT2D eigenvalue weighted by atomic mass is 19.1. The van der Waals surface area contributed by atoms with Crippen molar-refractivity contribution in [3.05, 3.63) is 47.5 Å². The molecule has 10 heteroatoms. The van der Waals surface area contributed by atoms with E-state index in [1.54, 1.807) is 37.8 Å². The fraction of sp³-hybridized carbons (Fsp3) is 0.500. The van der Waals surface area contributed by atoms with Crippen molar-refractivity contribution in [2.45, 2.75) is 45.6 Å². The van der Waals surface area contributed by atoms with Gasteiger partial charge < -0.3 is 29.5 Å². The molecule has 0 unspecified atom stereocenters. The third kappa shape index (κ3) is 5.83. The molecule has 0 bridgehead atoms. The minimum atomic E-state index is -0.617. The molecular formula is C22H29FN4O5. The number of aliphatic hydroxyl groups excluding tert-OH is 2. The van der Waals surface area contributed by atoms with Gasteiger partial charge in [0.2, 0.25) is 5.88 Å². The van der Waals surface area contributed by atoms with Crippen LogP contribution in [0.15, 0.2) is 30.6 Å². The Hall–Kier alpha value is -2.98. The molecule has 0 aliphatic carbocycles. The average molecular weight is 448 g/mol. The summed E-state index contributed by atoms with van der Waals surface area (Å²) in [4.78, 5) is 24.0. The van der Waals surface area contributed by atoms with Crippen molar-refractivity contribution in [2.24, 2.45) is 0 Å². The van der Waals surface area contributed by atoms with Gasteiger partial charge in [-0.2, -0.15) is 4.98 Å². The molecule has 1 atom stereocenters. The summed E-state index contributed by atoms with van der Waals surface area (Å²) in [6.07, 6.45) is 2.15. The predicted octanol–water partition coefficient (Wildman–Crippen LogP) is 2.11. The molecule has 1 aliphatic heterocycles. The van der Waals surface area contributed by atoms with Crippen LogP contribution < -0.4 is 9.64 Å². The highest BCUT2D eigenvalue weighted by Crippen LogP contribution is 2.27. The van der Waals surface area contributed by atoms with E-state index in [1.807, 2.05) is 4.90 Å². The lowest BCUT2D eigenvalue weighted by Crippen LogP contribution is -2.57. The Labute approximate surface area is 186 Å². The zero-order chi connectivity index (χ0) is 23.3. The van der Waals surface area contributed by atoms with E-state index in [-0.39, 0.29) is 32.2 Å². The third-order valence-corrected chi connectivity index (χ3v) is 4.95. The molecule has 3 rings (SSSR count). The van der Waals surface area contributed by atoms with Crippen LogP contribution in [-0.4, -0.2) is 69.1 Å². The Morgan fingerprint density at radius 1 is 1.22 bits per heavy atom. The van der Waals surface area contributed by atoms with Crippen LogP contribution in [0.1, 0.15) is 31.9 Å². The standard InChI is InChI=1S/C22H29FN4O5/c1-22(2,3)32-21(30)26-8-9-27(17(11-26)13-29)20-15(12-28)4-5-19(25-20)31-14-16-6-7-24-10-18(16)23/h4-7,10,17,28-29H,8-9,11-14H2,1-3H3/t17-/m1/s1. The van der Waals surface area contributed by atoms with E-state index >= 15 is 0 Å². The number of aromatic nitrogens is 2. The van der Waals surface area contributed by atoms with Crippen molar-refractivity contribution in [3.63, 3.8) is 0 Å². The van der Waals surface area contributed by atoms with E-state index in [4.69, 9.17) is 9.47 Å². The van der Waals surface area contributed by atoms with E-state index in [2.05, 4.69) is 9.97 Å². The lowest BCUT2D eigenvalue weighted by molar-refractivity contribution is 0.0196. The maximum atomic E-state index is 13.8. The molecule has 0 spiro atoms. The van der Waals surface area contributed by atoms with E-state index in [1.165, 1.54) is 12.3 Å². The van der Waals surface area contributed by atoms with Gasteiger partial charge in [0.25, 0.3) is 0 Å². The van der Waals surface area contributed by atoms with Gasteiger partial charge in [0, 0.05) is 43.0 Å². The van der Waals surface area contributed by atoms with Crippen LogP contribution in [0.3, 0.4) is 0 Å². The number of halogens is 1. The average Bonchev–Trinajstić information content (AvgIpc) is 2.76. The van der Waals surface area contributed by atoms with Crippen molar-refractivity contribution < 1.29 is 28.9 Å². The molecule has 2 aromatic rings. The number of nitrogens with zero attached hydrogens (tertiary/aromatic N) is 4. The lowest BCUT2D eigenvalue weighted by Gasteiger charge is -2.42. The Bertz CT molecular complexity index is 937. The van der Waals surface area contributed by atoms with Gasteiger partial charge >= 0.3 is 6.09 Å². The highest BCUT2D eigenvalue weighted by molar-refractivity contribution is 5.69. The van der Waals surface area contributed by atoms with Crippen LogP contribution in [-0.2, 0) is 18.0 Å². The SMILES string of the molecule is CC(C)(C)OC(=O)N1CCN(c2nc(OCc3ccncc3F)ccc2CO)[C@@H](CO)C1. The molecule has 174 valence electrons. The van der Waals surface area contributed by atoms with Crippen LogP contribution in [0.5, 0.6) is 5.88 Å². The van der Waals surface area contributed by atoms with Gasteiger partial charge in [-0.15, -0.1) is 0 Å². The second-order valence-electron chi connectivity index (χ2n) is 8.50. The summed E-state index contributed by atoms with van der Waals surface area (Å²) < 4.78 is 24.9. The van der Waals surface area contributed by atoms with E-state index in [9.17, 15) is 19.4 Å². The second kappa shape index (κ2) is 10.1. The Morgan fingerprint density at radius 3 is 2.66 bits per heavy atom. The molecular weight excluding hydrogens is 419 g/mol. The quantitative estimate of drug-likeness (QED) is 0.692. The Morgan fingerprint density at radius 2 is 2.00 bits per heavy atom. The number of anilines is 1. The van der Waals surface area contributed by atoms with Crippen molar-refractivity contribution in [1.82, 2.24) is 14.9 Å². The third-order valence-electron chi connectivity index (χ3n) is 4.95. The number of carbonyl (C=O) groups is 1. The van der Waals surface area contributed by atoms with Crippen LogP contribution in [0.25, 0.3) is 0 Å². The van der Waals surface area contributed by atoms with E-state index in [0.717, 1.165) is 6.20 Å². The maximum Gasteiger partial charge on any atom is 0.410 e. The monoisotopic (exact) mass is 448 g/mol. The number of hydrogen-bond donors (Lipinski definition) is 2. The summed E-state index contributed by atoms with van der Waals surface area (Å²) >= 11 is 0. The molecule has 2 aromatic heterocycles. The first-order chi connectivity index (χ1) is 15.2. The number of piperazine rings is 1. The topological polar surface area (TPSA) is 108 Å². The first-order valence-corrected chi connectivity index (χ1v) is 10.4. The number of pyridine rings is 2. The van der Waals surface area contributed by atoms with Crippen molar-refractivity contribution in [3.8, 4) is 5.88 Å². The van der Waals surface area contributed by atoms with Crippen molar-refractivity contribution in [1.29, 1.82) is 0 Å². The first kappa shape index (κ1) is 23.7. The van der Waals surface area contributed by atoms with Crippen molar-refractivity contribution >= 4 is 11.9 Å². The normalized spacial score (nSPS) is 16.8. The summed E-state index contributed by atoms with van der Waals surface area (Å²) in [5, 5.41) is 19.8. The van der Waals surface area contributed by atoms with Crippen molar-refractivity contribution in [2.75, 3.05) is 31.1 Å². The molecule has 1 saturated heterocycles. The molecule has 2 N–H and O–H groups in total. The van der Waals surface area contributed by atoms with Gasteiger partial charge in [-0.1, -0.05) is 0 Å². The van der Waals surface area contributed by atoms with Crippen LogP contribution >= 0.6 is 0 Å².